The molecule has 3 rings (SSSR count). The van der Waals surface area contributed by atoms with Crippen molar-refractivity contribution in [2.75, 3.05) is 13.1 Å². The molecule has 1 fully saturated rings. The SMILES string of the molecule is C=C/C(=C\C(=C/C)C1CCNCC1)NC(=O)CCCC(=O)c1ccc(-c2ccccc2)cc1. The molecule has 172 valence electrons. The van der Waals surface area contributed by atoms with Gasteiger partial charge in [-0.1, -0.05) is 67.3 Å². The summed E-state index contributed by atoms with van der Waals surface area (Å²) < 4.78 is 0. The number of Topliss-reactive ketones (excluding diaryl/α,β-unsaturated/α-hetero) is 1. The minimum absolute atomic E-state index is 0.0593. The quantitative estimate of drug-likeness (QED) is 0.359. The highest BCUT2D eigenvalue weighted by Crippen LogP contribution is 2.23. The molecule has 0 atom stereocenters. The van der Waals surface area contributed by atoms with Crippen molar-refractivity contribution in [2.45, 2.75) is 39.0 Å². The average molecular weight is 443 g/mol. The second-order valence-corrected chi connectivity index (χ2v) is 8.39. The fraction of sp³-hybridized carbons (Fsp3) is 0.310. The average Bonchev–Trinajstić information content (AvgIpc) is 2.87. The predicted molar refractivity (Wildman–Crippen MR) is 136 cm³/mol. The molecule has 0 aromatic heterocycles. The second-order valence-electron chi connectivity index (χ2n) is 8.39. The lowest BCUT2D eigenvalue weighted by Crippen LogP contribution is -2.28. The lowest BCUT2D eigenvalue weighted by atomic mass is 9.89. The van der Waals surface area contributed by atoms with Crippen LogP contribution in [0.1, 0.15) is 49.4 Å². The molecule has 0 saturated carbocycles. The van der Waals surface area contributed by atoms with Crippen LogP contribution in [0.25, 0.3) is 11.1 Å². The summed E-state index contributed by atoms with van der Waals surface area (Å²) in [6.45, 7) is 7.93. The molecule has 2 N–H and O–H groups in total. The summed E-state index contributed by atoms with van der Waals surface area (Å²) in [7, 11) is 0. The molecular formula is C29H34N2O2. The van der Waals surface area contributed by atoms with Gasteiger partial charge in [-0.2, -0.15) is 0 Å². The standard InChI is InChI=1S/C29H34N2O2/c1-3-22(25-17-19-30-20-18-25)21-27(4-2)31-29(33)12-8-11-28(32)26-15-13-24(14-16-26)23-9-6-5-7-10-23/h3-7,9-10,13-16,21,25,30H,2,8,11-12,17-20H2,1H3,(H,31,33)/b22-3+,27-21+. The van der Waals surface area contributed by atoms with Crippen molar-refractivity contribution in [1.82, 2.24) is 10.6 Å². The maximum Gasteiger partial charge on any atom is 0.224 e. The number of hydrogen-bond acceptors (Lipinski definition) is 3. The topological polar surface area (TPSA) is 58.2 Å². The smallest absolute Gasteiger partial charge is 0.224 e. The molecule has 2 aromatic carbocycles. The van der Waals surface area contributed by atoms with Crippen molar-refractivity contribution >= 4 is 11.7 Å². The van der Waals surface area contributed by atoms with Gasteiger partial charge < -0.3 is 10.6 Å². The van der Waals surface area contributed by atoms with Crippen LogP contribution in [0.15, 0.2) is 90.7 Å². The molecule has 0 aliphatic carbocycles. The van der Waals surface area contributed by atoms with Crippen LogP contribution in [0, 0.1) is 5.92 Å². The van der Waals surface area contributed by atoms with Gasteiger partial charge in [0.2, 0.25) is 5.91 Å². The van der Waals surface area contributed by atoms with E-state index in [1.807, 2.05) is 67.6 Å². The van der Waals surface area contributed by atoms with Crippen molar-refractivity contribution in [2.24, 2.45) is 5.92 Å². The molecular weight excluding hydrogens is 408 g/mol. The van der Waals surface area contributed by atoms with Crippen LogP contribution in [0.5, 0.6) is 0 Å². The number of carbonyl (C=O) groups excluding carboxylic acids is 2. The fourth-order valence-corrected chi connectivity index (χ4v) is 4.17. The number of hydrogen-bond donors (Lipinski definition) is 2. The maximum absolute atomic E-state index is 12.5. The van der Waals surface area contributed by atoms with Crippen LogP contribution in [0.4, 0.5) is 0 Å². The highest BCUT2D eigenvalue weighted by Gasteiger charge is 2.16. The summed E-state index contributed by atoms with van der Waals surface area (Å²) >= 11 is 0. The van der Waals surface area contributed by atoms with Gasteiger partial charge in [0.15, 0.2) is 5.78 Å². The van der Waals surface area contributed by atoms with Crippen LogP contribution in [0.3, 0.4) is 0 Å². The number of piperidine rings is 1. The number of allylic oxidation sites excluding steroid dienone is 4. The van der Waals surface area contributed by atoms with Gasteiger partial charge in [-0.25, -0.2) is 0 Å². The van der Waals surface area contributed by atoms with Crippen LogP contribution in [0.2, 0.25) is 0 Å². The minimum Gasteiger partial charge on any atom is -0.326 e. The Hall–Kier alpha value is -3.24. The van der Waals surface area contributed by atoms with Gasteiger partial charge in [-0.3, -0.25) is 9.59 Å². The minimum atomic E-state index is -0.0888. The molecule has 0 bridgehead atoms. The lowest BCUT2D eigenvalue weighted by molar-refractivity contribution is -0.120. The monoisotopic (exact) mass is 442 g/mol. The zero-order valence-electron chi connectivity index (χ0n) is 19.5. The van der Waals surface area contributed by atoms with E-state index >= 15 is 0 Å². The highest BCUT2D eigenvalue weighted by molar-refractivity contribution is 5.96. The number of amides is 1. The van der Waals surface area contributed by atoms with Crippen molar-refractivity contribution in [3.8, 4) is 11.1 Å². The van der Waals surface area contributed by atoms with Crippen molar-refractivity contribution in [3.05, 3.63) is 96.2 Å². The van der Waals surface area contributed by atoms with Crippen molar-refractivity contribution in [1.29, 1.82) is 0 Å². The van der Waals surface area contributed by atoms with Crippen molar-refractivity contribution < 1.29 is 9.59 Å². The summed E-state index contributed by atoms with van der Waals surface area (Å²) in [5, 5.41) is 6.33. The molecule has 0 unspecified atom stereocenters. The van der Waals surface area contributed by atoms with Crippen LogP contribution in [-0.4, -0.2) is 24.8 Å². The first-order chi connectivity index (χ1) is 16.1. The maximum atomic E-state index is 12.5. The van der Waals surface area contributed by atoms with E-state index in [2.05, 4.69) is 23.3 Å². The normalized spacial score (nSPS) is 15.2. The Kier molecular flexibility index (Phi) is 9.40. The van der Waals surface area contributed by atoms with Gasteiger partial charge in [0, 0.05) is 24.1 Å². The molecule has 4 nitrogen and oxygen atoms in total. The molecule has 0 radical (unpaired) electrons. The molecule has 1 aliphatic heterocycles. The molecule has 1 aliphatic rings. The zero-order chi connectivity index (χ0) is 23.5. The summed E-state index contributed by atoms with van der Waals surface area (Å²) in [4.78, 5) is 25.0. The number of rotatable bonds is 10. The first-order valence-electron chi connectivity index (χ1n) is 11.8. The van der Waals surface area contributed by atoms with E-state index in [9.17, 15) is 9.59 Å². The van der Waals surface area contributed by atoms with Gasteiger partial charge >= 0.3 is 0 Å². The van der Waals surface area contributed by atoms with Gasteiger partial charge in [-0.15, -0.1) is 0 Å². The molecule has 1 amide bonds. The fourth-order valence-electron chi connectivity index (χ4n) is 4.17. The summed E-state index contributed by atoms with van der Waals surface area (Å²) in [6, 6.07) is 17.7. The third-order valence-electron chi connectivity index (χ3n) is 6.09. The van der Waals surface area contributed by atoms with E-state index in [0.717, 1.165) is 42.8 Å². The molecule has 2 aromatic rings. The number of nitrogens with one attached hydrogen (secondary N) is 2. The Bertz CT molecular complexity index is 998. The van der Waals surface area contributed by atoms with E-state index in [1.165, 1.54) is 5.57 Å². The van der Waals surface area contributed by atoms with Crippen LogP contribution >= 0.6 is 0 Å². The van der Waals surface area contributed by atoms with Gasteiger partial charge in [0.25, 0.3) is 0 Å². The van der Waals surface area contributed by atoms with Gasteiger partial charge in [0.05, 0.1) is 0 Å². The van der Waals surface area contributed by atoms with Gasteiger partial charge in [-0.05, 0) is 74.0 Å². The molecule has 1 saturated heterocycles. The third-order valence-corrected chi connectivity index (χ3v) is 6.09. The van der Waals surface area contributed by atoms with E-state index in [0.29, 0.717) is 30.7 Å². The van der Waals surface area contributed by atoms with E-state index in [-0.39, 0.29) is 11.7 Å². The Labute approximate surface area is 197 Å². The largest absolute Gasteiger partial charge is 0.326 e. The first-order valence-corrected chi connectivity index (χ1v) is 11.8. The van der Waals surface area contributed by atoms with Crippen LogP contribution in [-0.2, 0) is 4.79 Å². The third kappa shape index (κ3) is 7.40. The summed E-state index contributed by atoms with van der Waals surface area (Å²) in [5.41, 5.74) is 4.84. The Morgan fingerprint density at radius 1 is 1.00 bits per heavy atom. The van der Waals surface area contributed by atoms with E-state index < -0.39 is 0 Å². The number of benzene rings is 2. The Balaban J connectivity index is 1.47. The first kappa shape index (κ1) is 24.4. The molecule has 0 spiro atoms. The van der Waals surface area contributed by atoms with E-state index in [1.54, 1.807) is 6.08 Å². The molecule has 1 heterocycles. The zero-order valence-corrected chi connectivity index (χ0v) is 19.5. The second kappa shape index (κ2) is 12.7. The van der Waals surface area contributed by atoms with Gasteiger partial charge in [0.1, 0.15) is 0 Å². The summed E-state index contributed by atoms with van der Waals surface area (Å²) in [6.07, 6.45) is 9.19. The predicted octanol–water partition coefficient (Wildman–Crippen LogP) is 5.84. The summed E-state index contributed by atoms with van der Waals surface area (Å²) in [5.74, 6) is 0.479. The highest BCUT2D eigenvalue weighted by atomic mass is 16.1. The lowest BCUT2D eigenvalue weighted by Gasteiger charge is -2.24. The number of ketones is 1. The molecule has 4 heteroatoms. The Morgan fingerprint density at radius 3 is 2.30 bits per heavy atom. The Morgan fingerprint density at radius 2 is 1.67 bits per heavy atom. The van der Waals surface area contributed by atoms with Crippen molar-refractivity contribution in [3.63, 3.8) is 0 Å². The molecule has 33 heavy (non-hydrogen) atoms. The van der Waals surface area contributed by atoms with Crippen LogP contribution < -0.4 is 10.6 Å². The number of carbonyl (C=O) groups is 2. The van der Waals surface area contributed by atoms with E-state index in [4.69, 9.17) is 0 Å².